The van der Waals surface area contributed by atoms with Crippen LogP contribution in [0.1, 0.15) is 40.5 Å². The lowest BCUT2D eigenvalue weighted by molar-refractivity contribution is -0.137. The van der Waals surface area contributed by atoms with E-state index in [-0.39, 0.29) is 12.1 Å². The molecule has 0 aromatic heterocycles. The SMILES string of the molecule is C=CC(=O)OCCCC(C)(C#N)N=NC(C)(C)C. The molecule has 0 N–H and O–H groups in total. The standard InChI is InChI=1S/C13H21N3O2/c1-6-11(17)18-9-7-8-13(5,10-14)16-15-12(2,3)4/h6H,1,7-9H2,2-5H3. The second kappa shape index (κ2) is 6.90. The lowest BCUT2D eigenvalue weighted by Crippen LogP contribution is -2.21. The van der Waals surface area contributed by atoms with Crippen LogP contribution in [0.3, 0.4) is 0 Å². The first-order valence-electron chi connectivity index (χ1n) is 5.87. The van der Waals surface area contributed by atoms with Crippen molar-refractivity contribution in [2.45, 2.75) is 51.6 Å². The summed E-state index contributed by atoms with van der Waals surface area (Å²) in [5.74, 6) is -0.454. The Kier molecular flexibility index (Phi) is 6.24. The van der Waals surface area contributed by atoms with E-state index >= 15 is 0 Å². The number of rotatable bonds is 6. The molecular weight excluding hydrogens is 230 g/mol. The van der Waals surface area contributed by atoms with E-state index < -0.39 is 11.5 Å². The van der Waals surface area contributed by atoms with E-state index in [9.17, 15) is 4.79 Å². The average molecular weight is 251 g/mol. The predicted molar refractivity (Wildman–Crippen MR) is 69.0 cm³/mol. The van der Waals surface area contributed by atoms with Crippen LogP contribution in [-0.4, -0.2) is 23.7 Å². The van der Waals surface area contributed by atoms with Crippen molar-refractivity contribution < 1.29 is 9.53 Å². The fourth-order valence-electron chi connectivity index (χ4n) is 1.04. The van der Waals surface area contributed by atoms with Gasteiger partial charge in [-0.3, -0.25) is 0 Å². The van der Waals surface area contributed by atoms with E-state index in [0.29, 0.717) is 12.8 Å². The largest absolute Gasteiger partial charge is 0.463 e. The third kappa shape index (κ3) is 7.55. The minimum atomic E-state index is -0.867. The maximum Gasteiger partial charge on any atom is 0.330 e. The molecule has 0 rings (SSSR count). The number of carbonyl (C=O) groups is 1. The third-order valence-electron chi connectivity index (χ3n) is 2.03. The third-order valence-corrected chi connectivity index (χ3v) is 2.03. The quantitative estimate of drug-likeness (QED) is 0.315. The highest BCUT2D eigenvalue weighted by Gasteiger charge is 2.24. The van der Waals surface area contributed by atoms with Gasteiger partial charge in [0.2, 0.25) is 0 Å². The van der Waals surface area contributed by atoms with Crippen LogP contribution >= 0.6 is 0 Å². The lowest BCUT2D eigenvalue weighted by atomic mass is 9.99. The minimum Gasteiger partial charge on any atom is -0.463 e. The van der Waals surface area contributed by atoms with Crippen molar-refractivity contribution in [2.75, 3.05) is 6.61 Å². The van der Waals surface area contributed by atoms with Gasteiger partial charge in [-0.05, 0) is 40.5 Å². The van der Waals surface area contributed by atoms with Crippen molar-refractivity contribution in [2.24, 2.45) is 10.2 Å². The fourth-order valence-corrected chi connectivity index (χ4v) is 1.04. The Bertz CT molecular complexity index is 363. The topological polar surface area (TPSA) is 74.8 Å². The van der Waals surface area contributed by atoms with Crippen molar-refractivity contribution in [3.05, 3.63) is 12.7 Å². The second-order valence-corrected chi connectivity index (χ2v) is 5.23. The molecule has 0 aromatic carbocycles. The minimum absolute atomic E-state index is 0.257. The highest BCUT2D eigenvalue weighted by atomic mass is 16.5. The molecule has 0 saturated carbocycles. The zero-order chi connectivity index (χ0) is 14.2. The summed E-state index contributed by atoms with van der Waals surface area (Å²) in [5.41, 5.74) is -1.17. The van der Waals surface area contributed by atoms with E-state index in [1.54, 1.807) is 6.92 Å². The summed E-state index contributed by atoms with van der Waals surface area (Å²) in [4.78, 5) is 10.8. The van der Waals surface area contributed by atoms with E-state index in [4.69, 9.17) is 10.00 Å². The van der Waals surface area contributed by atoms with Crippen molar-refractivity contribution in [3.63, 3.8) is 0 Å². The average Bonchev–Trinajstić information content (AvgIpc) is 2.31. The summed E-state index contributed by atoms with van der Waals surface area (Å²) in [7, 11) is 0. The summed E-state index contributed by atoms with van der Waals surface area (Å²) >= 11 is 0. The van der Waals surface area contributed by atoms with Gasteiger partial charge in [-0.1, -0.05) is 6.58 Å². The number of hydrogen-bond acceptors (Lipinski definition) is 5. The van der Waals surface area contributed by atoms with E-state index in [2.05, 4.69) is 22.9 Å². The van der Waals surface area contributed by atoms with Crippen LogP contribution in [0.2, 0.25) is 0 Å². The van der Waals surface area contributed by atoms with Crippen molar-refractivity contribution in [1.29, 1.82) is 5.26 Å². The van der Waals surface area contributed by atoms with Gasteiger partial charge in [0, 0.05) is 6.08 Å². The van der Waals surface area contributed by atoms with Gasteiger partial charge in [-0.25, -0.2) is 4.79 Å². The first-order chi connectivity index (χ1) is 8.22. The Labute approximate surface area is 109 Å². The van der Waals surface area contributed by atoms with Crippen LogP contribution in [-0.2, 0) is 9.53 Å². The summed E-state index contributed by atoms with van der Waals surface area (Å²) in [6, 6.07) is 2.13. The van der Waals surface area contributed by atoms with E-state index in [1.165, 1.54) is 0 Å². The molecule has 5 heteroatoms. The molecule has 0 radical (unpaired) electrons. The monoisotopic (exact) mass is 251 g/mol. The molecule has 0 fully saturated rings. The van der Waals surface area contributed by atoms with Gasteiger partial charge in [0.25, 0.3) is 0 Å². The molecule has 0 amide bonds. The number of nitriles is 1. The van der Waals surface area contributed by atoms with Crippen LogP contribution in [0.5, 0.6) is 0 Å². The normalized spacial score (nSPS) is 14.8. The highest BCUT2D eigenvalue weighted by Crippen LogP contribution is 2.20. The molecule has 0 bridgehead atoms. The van der Waals surface area contributed by atoms with Gasteiger partial charge >= 0.3 is 5.97 Å². The Morgan fingerprint density at radius 3 is 2.44 bits per heavy atom. The van der Waals surface area contributed by atoms with Crippen LogP contribution in [0, 0.1) is 11.3 Å². The lowest BCUT2D eigenvalue weighted by Gasteiger charge is -2.18. The summed E-state index contributed by atoms with van der Waals surface area (Å²) in [6.45, 7) is 11.0. The molecule has 100 valence electrons. The molecule has 0 heterocycles. The Hall–Kier alpha value is -1.70. The highest BCUT2D eigenvalue weighted by molar-refractivity contribution is 5.81. The molecule has 0 aliphatic carbocycles. The van der Waals surface area contributed by atoms with Gasteiger partial charge in [0.05, 0.1) is 18.2 Å². The molecule has 0 aliphatic rings. The van der Waals surface area contributed by atoms with Crippen molar-refractivity contribution >= 4 is 5.97 Å². The Morgan fingerprint density at radius 1 is 1.39 bits per heavy atom. The van der Waals surface area contributed by atoms with E-state index in [0.717, 1.165) is 6.08 Å². The first-order valence-corrected chi connectivity index (χ1v) is 5.87. The van der Waals surface area contributed by atoms with Gasteiger partial charge in [0.15, 0.2) is 5.54 Å². The zero-order valence-corrected chi connectivity index (χ0v) is 11.6. The molecule has 1 atom stereocenters. The number of azo groups is 1. The van der Waals surface area contributed by atoms with Crippen LogP contribution in [0.4, 0.5) is 0 Å². The smallest absolute Gasteiger partial charge is 0.330 e. The van der Waals surface area contributed by atoms with Gasteiger partial charge in [-0.15, -0.1) is 0 Å². The van der Waals surface area contributed by atoms with Gasteiger partial charge in [-0.2, -0.15) is 15.5 Å². The Morgan fingerprint density at radius 2 is 2.00 bits per heavy atom. The van der Waals surface area contributed by atoms with Gasteiger partial charge in [0.1, 0.15) is 0 Å². The fraction of sp³-hybridized carbons (Fsp3) is 0.692. The van der Waals surface area contributed by atoms with Crippen LogP contribution in [0.15, 0.2) is 22.9 Å². The van der Waals surface area contributed by atoms with Crippen LogP contribution in [0.25, 0.3) is 0 Å². The molecule has 5 nitrogen and oxygen atoms in total. The number of carbonyl (C=O) groups excluding carboxylic acids is 1. The summed E-state index contributed by atoms with van der Waals surface area (Å²) < 4.78 is 4.84. The summed E-state index contributed by atoms with van der Waals surface area (Å²) in [6.07, 6.45) is 2.17. The first kappa shape index (κ1) is 16.3. The Balaban J connectivity index is 4.26. The van der Waals surface area contributed by atoms with Crippen molar-refractivity contribution in [3.8, 4) is 6.07 Å². The molecular formula is C13H21N3O2. The maximum absolute atomic E-state index is 10.8. The molecule has 0 aromatic rings. The number of ether oxygens (including phenoxy) is 1. The number of hydrogen-bond donors (Lipinski definition) is 0. The predicted octanol–water partition coefficient (Wildman–Crippen LogP) is 3.03. The second-order valence-electron chi connectivity index (χ2n) is 5.23. The van der Waals surface area contributed by atoms with Gasteiger partial charge < -0.3 is 4.74 Å². The number of nitrogens with zero attached hydrogens (tertiary/aromatic N) is 3. The molecule has 0 saturated heterocycles. The number of esters is 1. The molecule has 1 unspecified atom stereocenters. The van der Waals surface area contributed by atoms with E-state index in [1.807, 2.05) is 20.8 Å². The molecule has 0 aliphatic heterocycles. The summed E-state index contributed by atoms with van der Waals surface area (Å²) in [5, 5.41) is 17.3. The maximum atomic E-state index is 10.8. The zero-order valence-electron chi connectivity index (χ0n) is 11.6. The molecule has 18 heavy (non-hydrogen) atoms. The van der Waals surface area contributed by atoms with Crippen LogP contribution < -0.4 is 0 Å². The molecule has 0 spiro atoms. The van der Waals surface area contributed by atoms with Crippen molar-refractivity contribution in [1.82, 2.24) is 0 Å².